The average Bonchev–Trinajstić information content (AvgIpc) is 2.80. The SMILES string of the molecule is [2H]c1nc([2H])c(-c2nc(B3OC(C)(C)C(C)(C)O3)c([2H])c([2H])c2[2H])c([2H])c1[2H]. The fourth-order valence-corrected chi connectivity index (χ4v) is 1.86. The van der Waals surface area contributed by atoms with Crippen molar-refractivity contribution in [3.05, 3.63) is 42.6 Å². The molecule has 2 aromatic rings. The van der Waals surface area contributed by atoms with Gasteiger partial charge in [0.15, 0.2) is 0 Å². The Balaban J connectivity index is 2.24. The van der Waals surface area contributed by atoms with Gasteiger partial charge in [0.1, 0.15) is 0 Å². The molecule has 0 radical (unpaired) electrons. The van der Waals surface area contributed by atoms with Crippen molar-refractivity contribution in [3.8, 4) is 11.3 Å². The Labute approximate surface area is 135 Å². The summed E-state index contributed by atoms with van der Waals surface area (Å²) in [6.45, 7) is 7.30. The number of hydrogen-bond acceptors (Lipinski definition) is 4. The Morgan fingerprint density at radius 1 is 1.05 bits per heavy atom. The van der Waals surface area contributed by atoms with Gasteiger partial charge >= 0.3 is 7.12 Å². The minimum absolute atomic E-state index is 0.0464. The van der Waals surface area contributed by atoms with E-state index in [9.17, 15) is 0 Å². The summed E-state index contributed by atoms with van der Waals surface area (Å²) in [5.74, 6) is 0. The third-order valence-electron chi connectivity index (χ3n) is 3.78. The van der Waals surface area contributed by atoms with Crippen molar-refractivity contribution in [2.45, 2.75) is 38.9 Å². The van der Waals surface area contributed by atoms with Gasteiger partial charge in [0, 0.05) is 17.9 Å². The summed E-state index contributed by atoms with van der Waals surface area (Å²) in [4.78, 5) is 7.85. The quantitative estimate of drug-likeness (QED) is 0.797. The van der Waals surface area contributed by atoms with E-state index < -0.39 is 54.8 Å². The van der Waals surface area contributed by atoms with E-state index in [1.165, 1.54) is 0 Å². The Morgan fingerprint density at radius 2 is 1.76 bits per heavy atom. The molecule has 21 heavy (non-hydrogen) atoms. The molecule has 1 saturated heterocycles. The molecule has 4 nitrogen and oxygen atoms in total. The molecule has 1 aliphatic rings. The lowest BCUT2D eigenvalue weighted by atomic mass is 9.84. The Kier molecular flexibility index (Phi) is 1.89. The highest BCUT2D eigenvalue weighted by atomic mass is 16.7. The van der Waals surface area contributed by atoms with E-state index in [4.69, 9.17) is 18.9 Å². The molecule has 1 aliphatic heterocycles. The van der Waals surface area contributed by atoms with Crippen LogP contribution in [0.2, 0.25) is 0 Å². The van der Waals surface area contributed by atoms with E-state index in [0.29, 0.717) is 0 Å². The van der Waals surface area contributed by atoms with Crippen LogP contribution in [-0.4, -0.2) is 28.3 Å². The molecule has 0 N–H and O–H groups in total. The summed E-state index contributed by atoms with van der Waals surface area (Å²) in [6.07, 6.45) is -1.02. The molecule has 0 amide bonds. The maximum Gasteiger partial charge on any atom is 0.514 e. The molecule has 108 valence electrons. The molecule has 2 aromatic heterocycles. The van der Waals surface area contributed by atoms with E-state index >= 15 is 0 Å². The van der Waals surface area contributed by atoms with Gasteiger partial charge in [-0.05, 0) is 51.9 Å². The van der Waals surface area contributed by atoms with Gasteiger partial charge < -0.3 is 9.31 Å². The summed E-state index contributed by atoms with van der Waals surface area (Å²) in [7, 11) is -1.07. The Morgan fingerprint density at radius 3 is 2.48 bits per heavy atom. The molecule has 3 rings (SSSR count). The van der Waals surface area contributed by atoms with Gasteiger partial charge in [0.05, 0.1) is 32.1 Å². The van der Waals surface area contributed by atoms with Gasteiger partial charge in [0.25, 0.3) is 0 Å². The number of rotatable bonds is 2. The van der Waals surface area contributed by atoms with Crippen LogP contribution in [-0.2, 0) is 9.31 Å². The summed E-state index contributed by atoms with van der Waals surface area (Å²) in [5.41, 5.74) is -1.94. The van der Waals surface area contributed by atoms with Crippen LogP contribution >= 0.6 is 0 Å². The first kappa shape index (κ1) is 8.06. The van der Waals surface area contributed by atoms with Crippen molar-refractivity contribution in [2.75, 3.05) is 0 Å². The zero-order chi connectivity index (χ0) is 21.2. The van der Waals surface area contributed by atoms with Crippen LogP contribution in [0.3, 0.4) is 0 Å². The molecular formula is C16H19BN2O2. The van der Waals surface area contributed by atoms with Crippen molar-refractivity contribution in [3.63, 3.8) is 0 Å². The molecule has 0 saturated carbocycles. The highest BCUT2D eigenvalue weighted by Gasteiger charge is 2.52. The van der Waals surface area contributed by atoms with Crippen LogP contribution in [0.15, 0.2) is 42.6 Å². The molecule has 0 atom stereocenters. The van der Waals surface area contributed by atoms with Crippen LogP contribution in [0, 0.1) is 0 Å². The lowest BCUT2D eigenvalue weighted by molar-refractivity contribution is 0.00578. The molecule has 0 aromatic carbocycles. The highest BCUT2D eigenvalue weighted by Crippen LogP contribution is 2.36. The second-order valence-corrected chi connectivity index (χ2v) is 5.77. The normalized spacial score (nSPS) is 24.4. The summed E-state index contributed by atoms with van der Waals surface area (Å²) in [6, 6.07) is -2.27. The maximum absolute atomic E-state index is 8.20. The zero-order valence-electron chi connectivity index (χ0n) is 19.3. The predicted octanol–water partition coefficient (Wildman–Crippen LogP) is 2.44. The van der Waals surface area contributed by atoms with Crippen molar-refractivity contribution in [1.29, 1.82) is 0 Å². The van der Waals surface area contributed by atoms with Gasteiger partial charge in [-0.1, -0.05) is 6.04 Å². The van der Waals surface area contributed by atoms with Crippen LogP contribution in [0.4, 0.5) is 0 Å². The van der Waals surface area contributed by atoms with Gasteiger partial charge in [-0.3, -0.25) is 9.97 Å². The summed E-state index contributed by atoms with van der Waals surface area (Å²) >= 11 is 0. The lowest BCUT2D eigenvalue weighted by Crippen LogP contribution is -2.41. The van der Waals surface area contributed by atoms with Crippen molar-refractivity contribution in [2.24, 2.45) is 0 Å². The Bertz CT molecular complexity index is 968. The third kappa shape index (κ3) is 2.59. The first-order valence-electron chi connectivity index (χ1n) is 10.1. The van der Waals surface area contributed by atoms with E-state index in [0.717, 1.165) is 0 Å². The van der Waals surface area contributed by atoms with E-state index in [-0.39, 0.29) is 22.9 Å². The van der Waals surface area contributed by atoms with Crippen molar-refractivity contribution in [1.82, 2.24) is 9.97 Å². The minimum atomic E-state index is -1.07. The van der Waals surface area contributed by atoms with Crippen LogP contribution in [0.1, 0.15) is 37.3 Å². The third-order valence-corrected chi connectivity index (χ3v) is 3.78. The van der Waals surface area contributed by atoms with Crippen LogP contribution < -0.4 is 5.59 Å². The first-order chi connectivity index (χ1) is 12.8. The number of nitrogens with zero attached hydrogens (tertiary/aromatic N) is 2. The Hall–Kier alpha value is -1.72. The largest absolute Gasteiger partial charge is 0.514 e. The summed E-state index contributed by atoms with van der Waals surface area (Å²) < 4.78 is 67.7. The molecule has 0 bridgehead atoms. The molecule has 0 unspecified atom stereocenters. The second-order valence-electron chi connectivity index (χ2n) is 5.77. The van der Waals surface area contributed by atoms with Crippen LogP contribution in [0.5, 0.6) is 0 Å². The van der Waals surface area contributed by atoms with Crippen LogP contribution in [0.25, 0.3) is 11.3 Å². The maximum atomic E-state index is 8.20. The summed E-state index contributed by atoms with van der Waals surface area (Å²) in [5, 5.41) is 0. The number of aromatic nitrogens is 2. The molecular weight excluding hydrogens is 263 g/mol. The minimum Gasteiger partial charge on any atom is -0.398 e. The van der Waals surface area contributed by atoms with Crippen molar-refractivity contribution >= 4 is 12.7 Å². The predicted molar refractivity (Wildman–Crippen MR) is 83.2 cm³/mol. The van der Waals surface area contributed by atoms with Gasteiger partial charge in [-0.15, -0.1) is 0 Å². The smallest absolute Gasteiger partial charge is 0.398 e. The second kappa shape index (κ2) is 4.93. The van der Waals surface area contributed by atoms with Crippen molar-refractivity contribution < 1.29 is 18.9 Å². The van der Waals surface area contributed by atoms with Gasteiger partial charge in [-0.2, -0.15) is 0 Å². The average molecular weight is 289 g/mol. The monoisotopic (exact) mass is 289 g/mol. The zero-order valence-corrected chi connectivity index (χ0v) is 12.3. The fourth-order valence-electron chi connectivity index (χ4n) is 1.86. The molecule has 0 spiro atoms. The van der Waals surface area contributed by atoms with E-state index in [1.807, 2.05) is 27.7 Å². The van der Waals surface area contributed by atoms with Gasteiger partial charge in [-0.25, -0.2) is 0 Å². The number of pyridine rings is 2. The molecule has 1 fully saturated rings. The molecule has 5 heteroatoms. The number of hydrogen-bond donors (Lipinski definition) is 0. The lowest BCUT2D eigenvalue weighted by Gasteiger charge is -2.32. The molecule has 0 aliphatic carbocycles. The first-order valence-corrected chi connectivity index (χ1v) is 6.56. The van der Waals surface area contributed by atoms with Gasteiger partial charge in [0.2, 0.25) is 0 Å². The topological polar surface area (TPSA) is 44.2 Å². The standard InChI is InChI=1S/C16H19BN2O2/c1-15(2)16(3,4)21-17(20-15)14-9-5-8-13(19-14)12-7-6-10-18-11-12/h5-11H,1-4H3/i5D,6D,7D,8D,9D,10D,11D. The van der Waals surface area contributed by atoms with E-state index in [1.54, 1.807) is 0 Å². The van der Waals surface area contributed by atoms with E-state index in [2.05, 4.69) is 9.97 Å². The highest BCUT2D eigenvalue weighted by molar-refractivity contribution is 6.61. The fraction of sp³-hybridized carbons (Fsp3) is 0.375. The molecule has 3 heterocycles.